The van der Waals surface area contributed by atoms with Crippen molar-refractivity contribution < 1.29 is 24.2 Å². The zero-order chi connectivity index (χ0) is 24.0. The maximum Gasteiger partial charge on any atom is 0.341 e. The van der Waals surface area contributed by atoms with Crippen LogP contribution in [0.15, 0.2) is 53.4 Å². The molecule has 2 N–H and O–H groups in total. The minimum Gasteiger partial charge on any atom is -0.507 e. The lowest BCUT2D eigenvalue weighted by atomic mass is 10.0. The molecule has 0 aliphatic rings. The largest absolute Gasteiger partial charge is 0.507 e. The van der Waals surface area contributed by atoms with E-state index in [-0.39, 0.29) is 34.1 Å². The van der Waals surface area contributed by atoms with E-state index < -0.39 is 11.9 Å². The first kappa shape index (κ1) is 23.9. The maximum atomic E-state index is 12.9. The number of nitrogens with one attached hydrogen (secondary N) is 1. The summed E-state index contributed by atoms with van der Waals surface area (Å²) in [6.45, 7) is 1.84. The van der Waals surface area contributed by atoms with Crippen molar-refractivity contribution >= 4 is 45.9 Å². The third-order valence-electron chi connectivity index (χ3n) is 4.55. The zero-order valence-electron chi connectivity index (χ0n) is 17.7. The van der Waals surface area contributed by atoms with Crippen molar-refractivity contribution in [3.8, 4) is 28.7 Å². The molecule has 0 saturated carbocycles. The summed E-state index contributed by atoms with van der Waals surface area (Å²) in [5, 5.41) is 24.7. The molecule has 0 unspecified atom stereocenters. The van der Waals surface area contributed by atoms with Gasteiger partial charge in [-0.15, -0.1) is 11.3 Å². The number of carbonyl (C=O) groups is 2. The predicted molar refractivity (Wildman–Crippen MR) is 128 cm³/mol. The molecule has 0 radical (unpaired) electrons. The Hall–Kier alpha value is -3.80. The minimum absolute atomic E-state index is 0.121. The molecule has 1 heterocycles. The van der Waals surface area contributed by atoms with E-state index in [4.69, 9.17) is 21.1 Å². The molecule has 0 saturated heterocycles. The molecule has 3 aromatic rings. The Kier molecular flexibility index (Phi) is 7.72. The monoisotopic (exact) mass is 482 g/mol. The van der Waals surface area contributed by atoms with Gasteiger partial charge in [-0.1, -0.05) is 23.7 Å². The van der Waals surface area contributed by atoms with E-state index in [1.165, 1.54) is 25.3 Å². The van der Waals surface area contributed by atoms with E-state index in [0.717, 1.165) is 16.9 Å². The number of phenols is 1. The molecule has 0 atom stereocenters. The van der Waals surface area contributed by atoms with Crippen LogP contribution in [0.25, 0.3) is 17.2 Å². The molecule has 7 nitrogen and oxygen atoms in total. The van der Waals surface area contributed by atoms with Crippen LogP contribution in [0.5, 0.6) is 11.5 Å². The van der Waals surface area contributed by atoms with Crippen LogP contribution in [-0.4, -0.2) is 30.7 Å². The Morgan fingerprint density at radius 2 is 1.97 bits per heavy atom. The molecule has 1 amide bonds. The third kappa shape index (κ3) is 5.52. The van der Waals surface area contributed by atoms with Crippen LogP contribution >= 0.6 is 22.9 Å². The molecule has 0 bridgehead atoms. The number of aromatic hydroxyl groups is 1. The Morgan fingerprint density at radius 3 is 2.61 bits per heavy atom. The van der Waals surface area contributed by atoms with Gasteiger partial charge in [-0.05, 0) is 48.9 Å². The summed E-state index contributed by atoms with van der Waals surface area (Å²) in [4.78, 5) is 25.6. The molecular formula is C24H19ClN2O5S. The molecule has 9 heteroatoms. The van der Waals surface area contributed by atoms with Crippen molar-refractivity contribution in [2.75, 3.05) is 19.0 Å². The highest BCUT2D eigenvalue weighted by Crippen LogP contribution is 2.37. The highest BCUT2D eigenvalue weighted by Gasteiger charge is 2.24. The first-order chi connectivity index (χ1) is 15.9. The Morgan fingerprint density at radius 1 is 1.24 bits per heavy atom. The van der Waals surface area contributed by atoms with Gasteiger partial charge in [0.25, 0.3) is 5.91 Å². The summed E-state index contributed by atoms with van der Waals surface area (Å²) in [6, 6.07) is 13.2. The van der Waals surface area contributed by atoms with Gasteiger partial charge in [-0.2, -0.15) is 5.26 Å². The van der Waals surface area contributed by atoms with Crippen molar-refractivity contribution in [3.63, 3.8) is 0 Å². The number of amides is 1. The van der Waals surface area contributed by atoms with Crippen LogP contribution < -0.4 is 10.1 Å². The van der Waals surface area contributed by atoms with Gasteiger partial charge in [0, 0.05) is 21.5 Å². The number of esters is 1. The van der Waals surface area contributed by atoms with Gasteiger partial charge in [0.15, 0.2) is 0 Å². The number of benzene rings is 2. The molecule has 3 rings (SSSR count). The lowest BCUT2D eigenvalue weighted by Gasteiger charge is -2.09. The number of rotatable bonds is 7. The first-order valence-corrected chi connectivity index (χ1v) is 11.0. The lowest BCUT2D eigenvalue weighted by Crippen LogP contribution is -2.16. The van der Waals surface area contributed by atoms with E-state index in [2.05, 4.69) is 5.32 Å². The average molecular weight is 483 g/mol. The topological polar surface area (TPSA) is 109 Å². The number of nitrogens with zero attached hydrogens (tertiary/aromatic N) is 1. The number of hydrogen-bond acceptors (Lipinski definition) is 7. The van der Waals surface area contributed by atoms with Crippen LogP contribution in [0, 0.1) is 11.3 Å². The summed E-state index contributed by atoms with van der Waals surface area (Å²) in [5.41, 5.74) is 1.43. The SMILES string of the molecule is CCOC(=O)c1c(-c2ccc(Cl)cc2)csc1NC(=O)C(C#N)=Cc1cc(OC)ccc1O. The summed E-state index contributed by atoms with van der Waals surface area (Å²) in [6.07, 6.45) is 1.24. The van der Waals surface area contributed by atoms with E-state index >= 15 is 0 Å². The number of nitriles is 1. The molecule has 0 aliphatic carbocycles. The Bertz CT molecular complexity index is 1260. The smallest absolute Gasteiger partial charge is 0.341 e. The lowest BCUT2D eigenvalue weighted by molar-refractivity contribution is -0.112. The van der Waals surface area contributed by atoms with Crippen LogP contribution in [0.1, 0.15) is 22.8 Å². The van der Waals surface area contributed by atoms with Gasteiger partial charge in [0.1, 0.15) is 33.7 Å². The number of thiophene rings is 1. The van der Waals surface area contributed by atoms with Crippen molar-refractivity contribution in [1.29, 1.82) is 5.26 Å². The number of carbonyl (C=O) groups excluding carboxylic acids is 2. The van der Waals surface area contributed by atoms with Gasteiger partial charge in [0.05, 0.1) is 13.7 Å². The second-order valence-corrected chi connectivity index (χ2v) is 7.95. The quantitative estimate of drug-likeness (QED) is 0.261. The Labute approximate surface area is 199 Å². The number of ether oxygens (including phenoxy) is 2. The van der Waals surface area contributed by atoms with Crippen molar-refractivity contribution in [1.82, 2.24) is 0 Å². The van der Waals surface area contributed by atoms with Gasteiger partial charge in [-0.3, -0.25) is 4.79 Å². The van der Waals surface area contributed by atoms with E-state index in [9.17, 15) is 20.0 Å². The fraction of sp³-hybridized carbons (Fsp3) is 0.125. The second-order valence-electron chi connectivity index (χ2n) is 6.63. The van der Waals surface area contributed by atoms with Crippen LogP contribution in [0.4, 0.5) is 5.00 Å². The predicted octanol–water partition coefficient (Wildman–Crippen LogP) is 5.51. The summed E-state index contributed by atoms with van der Waals surface area (Å²) in [7, 11) is 1.46. The number of halogens is 1. The number of anilines is 1. The number of hydrogen-bond donors (Lipinski definition) is 2. The molecule has 1 aromatic heterocycles. The van der Waals surface area contributed by atoms with E-state index in [1.807, 2.05) is 6.07 Å². The van der Waals surface area contributed by atoms with Crippen LogP contribution in [0.2, 0.25) is 5.02 Å². The summed E-state index contributed by atoms with van der Waals surface area (Å²) < 4.78 is 10.3. The normalized spacial score (nSPS) is 10.9. The highest BCUT2D eigenvalue weighted by molar-refractivity contribution is 7.15. The van der Waals surface area contributed by atoms with Gasteiger partial charge in [0.2, 0.25) is 0 Å². The molecule has 33 heavy (non-hydrogen) atoms. The standard InChI is InChI=1S/C24H19ClN2O5S/c1-3-32-24(30)21-19(14-4-6-17(25)7-5-14)13-33-23(21)27-22(29)16(12-26)10-15-11-18(31-2)8-9-20(15)28/h4-11,13,28H,3H2,1-2H3,(H,27,29). The number of methoxy groups -OCH3 is 1. The second kappa shape index (κ2) is 10.7. The van der Waals surface area contributed by atoms with Crippen LogP contribution in [0.3, 0.4) is 0 Å². The maximum absolute atomic E-state index is 12.9. The average Bonchev–Trinajstić information content (AvgIpc) is 3.22. The zero-order valence-corrected chi connectivity index (χ0v) is 19.3. The Balaban J connectivity index is 1.98. The van der Waals surface area contributed by atoms with Gasteiger partial charge < -0.3 is 19.9 Å². The van der Waals surface area contributed by atoms with Crippen molar-refractivity contribution in [2.45, 2.75) is 6.92 Å². The minimum atomic E-state index is -0.741. The van der Waals surface area contributed by atoms with Gasteiger partial charge in [-0.25, -0.2) is 4.79 Å². The fourth-order valence-corrected chi connectivity index (χ4v) is 4.03. The summed E-state index contributed by atoms with van der Waals surface area (Å²) in [5.74, 6) is -1.02. The molecule has 168 valence electrons. The van der Waals surface area contributed by atoms with E-state index in [0.29, 0.717) is 16.3 Å². The molecule has 0 spiro atoms. The first-order valence-electron chi connectivity index (χ1n) is 9.72. The highest BCUT2D eigenvalue weighted by atomic mass is 35.5. The molecule has 2 aromatic carbocycles. The van der Waals surface area contributed by atoms with Crippen molar-refractivity contribution in [3.05, 3.63) is 69.6 Å². The van der Waals surface area contributed by atoms with Gasteiger partial charge >= 0.3 is 5.97 Å². The van der Waals surface area contributed by atoms with E-state index in [1.54, 1.807) is 42.6 Å². The number of phenolic OH excluding ortho intramolecular Hbond substituents is 1. The van der Waals surface area contributed by atoms with Crippen LogP contribution in [-0.2, 0) is 9.53 Å². The third-order valence-corrected chi connectivity index (χ3v) is 5.70. The molecule has 0 aliphatic heterocycles. The van der Waals surface area contributed by atoms with Crippen molar-refractivity contribution in [2.24, 2.45) is 0 Å². The molecule has 0 fully saturated rings. The summed E-state index contributed by atoms with van der Waals surface area (Å²) >= 11 is 7.09. The fourth-order valence-electron chi connectivity index (χ4n) is 2.95. The molecular weight excluding hydrogens is 464 g/mol.